The van der Waals surface area contributed by atoms with Crippen LogP contribution in [0.15, 0.2) is 65.1 Å². The number of Topliss-reactive ketones (excluding diaryl/α,β-unsaturated/α-hetero) is 1. The first-order valence-electron chi connectivity index (χ1n) is 7.98. The van der Waals surface area contributed by atoms with E-state index in [2.05, 4.69) is 21.2 Å². The monoisotopic (exact) mass is 408 g/mol. The van der Waals surface area contributed by atoms with Crippen molar-refractivity contribution in [3.05, 3.63) is 70.7 Å². The third-order valence-electron chi connectivity index (χ3n) is 4.30. The summed E-state index contributed by atoms with van der Waals surface area (Å²) in [7, 11) is 0. The van der Waals surface area contributed by atoms with E-state index in [9.17, 15) is 14.4 Å². The van der Waals surface area contributed by atoms with Crippen molar-refractivity contribution < 1.29 is 14.4 Å². The third-order valence-corrected chi connectivity index (χ3v) is 4.79. The van der Waals surface area contributed by atoms with Crippen LogP contribution in [-0.2, 0) is 9.59 Å². The molecule has 1 heterocycles. The van der Waals surface area contributed by atoms with E-state index in [0.29, 0.717) is 21.4 Å². The van der Waals surface area contributed by atoms with Gasteiger partial charge >= 0.3 is 0 Å². The van der Waals surface area contributed by atoms with Crippen LogP contribution in [0.2, 0.25) is 0 Å². The van der Waals surface area contributed by atoms with Gasteiger partial charge in [0.25, 0.3) is 11.7 Å². The lowest BCUT2D eigenvalue weighted by atomic mass is 10.1. The Bertz CT molecular complexity index is 1070. The maximum absolute atomic E-state index is 12.5. The Kier molecular flexibility index (Phi) is 4.05. The van der Waals surface area contributed by atoms with Crippen LogP contribution in [0, 0.1) is 0 Å². The number of nitrogens with zero attached hydrogens (tertiary/aromatic N) is 1. The van der Waals surface area contributed by atoms with Crippen molar-refractivity contribution in [2.45, 2.75) is 0 Å². The number of ketones is 1. The fraction of sp³-hybridized carbons (Fsp3) is 0.0500. The van der Waals surface area contributed by atoms with Crippen molar-refractivity contribution in [3.63, 3.8) is 0 Å². The molecule has 3 aromatic carbocycles. The standard InChI is InChI=1S/C20H13BrN2O3/c21-13-8-9-17-15(10-13)19(25)20(26)23(17)11-18(24)22-16-7-3-5-12-4-1-2-6-14(12)16/h1-10H,11H2,(H,22,24). The van der Waals surface area contributed by atoms with Gasteiger partial charge in [0.2, 0.25) is 5.91 Å². The van der Waals surface area contributed by atoms with Crippen LogP contribution in [0.5, 0.6) is 0 Å². The number of halogens is 1. The molecule has 4 rings (SSSR count). The molecule has 0 aliphatic carbocycles. The van der Waals surface area contributed by atoms with Gasteiger partial charge in [0.1, 0.15) is 6.54 Å². The molecule has 1 aliphatic rings. The Balaban J connectivity index is 1.59. The molecule has 0 unspecified atom stereocenters. The summed E-state index contributed by atoms with van der Waals surface area (Å²) in [5, 5.41) is 4.76. The molecule has 0 saturated heterocycles. The lowest BCUT2D eigenvalue weighted by Crippen LogP contribution is -2.37. The van der Waals surface area contributed by atoms with Crippen LogP contribution < -0.4 is 10.2 Å². The van der Waals surface area contributed by atoms with Gasteiger partial charge in [0.15, 0.2) is 0 Å². The number of carbonyl (C=O) groups excluding carboxylic acids is 3. The second-order valence-corrected chi connectivity index (χ2v) is 6.87. The van der Waals surface area contributed by atoms with Crippen LogP contribution in [0.3, 0.4) is 0 Å². The average molecular weight is 409 g/mol. The minimum Gasteiger partial charge on any atom is -0.324 e. The molecule has 2 amide bonds. The molecule has 1 N–H and O–H groups in total. The van der Waals surface area contributed by atoms with Crippen LogP contribution >= 0.6 is 15.9 Å². The molecule has 1 aliphatic heterocycles. The van der Waals surface area contributed by atoms with E-state index in [1.54, 1.807) is 18.2 Å². The second-order valence-electron chi connectivity index (χ2n) is 5.96. The predicted octanol–water partition coefficient (Wildman–Crippen LogP) is 3.77. The Morgan fingerprint density at radius 1 is 1.00 bits per heavy atom. The SMILES string of the molecule is O=C(CN1C(=O)C(=O)c2cc(Br)ccc21)Nc1cccc2ccccc12. The molecule has 5 nitrogen and oxygen atoms in total. The van der Waals surface area contributed by atoms with E-state index in [0.717, 1.165) is 10.8 Å². The minimum absolute atomic E-state index is 0.220. The van der Waals surface area contributed by atoms with Gasteiger partial charge in [-0.1, -0.05) is 52.3 Å². The van der Waals surface area contributed by atoms with Gasteiger partial charge in [-0.2, -0.15) is 0 Å². The van der Waals surface area contributed by atoms with Gasteiger partial charge in [-0.25, -0.2) is 0 Å². The zero-order chi connectivity index (χ0) is 18.3. The van der Waals surface area contributed by atoms with Gasteiger partial charge in [-0.05, 0) is 29.7 Å². The lowest BCUT2D eigenvalue weighted by Gasteiger charge is -2.16. The summed E-state index contributed by atoms with van der Waals surface area (Å²) >= 11 is 3.29. The summed E-state index contributed by atoms with van der Waals surface area (Å²) in [6.07, 6.45) is 0. The van der Waals surface area contributed by atoms with Crippen molar-refractivity contribution in [1.82, 2.24) is 0 Å². The van der Waals surface area contributed by atoms with Crippen molar-refractivity contribution in [1.29, 1.82) is 0 Å². The lowest BCUT2D eigenvalue weighted by molar-refractivity contribution is -0.118. The smallest absolute Gasteiger partial charge is 0.299 e. The van der Waals surface area contributed by atoms with Crippen molar-refractivity contribution >= 4 is 55.7 Å². The van der Waals surface area contributed by atoms with Gasteiger partial charge in [0.05, 0.1) is 11.3 Å². The predicted molar refractivity (Wildman–Crippen MR) is 103 cm³/mol. The first kappa shape index (κ1) is 16.5. The van der Waals surface area contributed by atoms with E-state index in [-0.39, 0.29) is 12.5 Å². The Morgan fingerprint density at radius 3 is 2.62 bits per heavy atom. The van der Waals surface area contributed by atoms with Crippen molar-refractivity contribution in [2.75, 3.05) is 16.8 Å². The molecule has 3 aromatic rings. The summed E-state index contributed by atoms with van der Waals surface area (Å²) in [5.74, 6) is -1.65. The number of fused-ring (bicyclic) bond motifs is 2. The number of amides is 2. The molecule has 0 spiro atoms. The minimum atomic E-state index is -0.689. The third kappa shape index (κ3) is 2.78. The average Bonchev–Trinajstić information content (AvgIpc) is 2.86. The van der Waals surface area contributed by atoms with Crippen LogP contribution in [-0.4, -0.2) is 24.1 Å². The summed E-state index contributed by atoms with van der Waals surface area (Å²) in [6.45, 7) is -0.220. The number of hydrogen-bond acceptors (Lipinski definition) is 3. The molecule has 0 bridgehead atoms. The van der Waals surface area contributed by atoms with Gasteiger partial charge in [0, 0.05) is 15.5 Å². The number of rotatable bonds is 3. The summed E-state index contributed by atoms with van der Waals surface area (Å²) in [5.41, 5.74) is 1.43. The van der Waals surface area contributed by atoms with E-state index in [4.69, 9.17) is 0 Å². The zero-order valence-corrected chi connectivity index (χ0v) is 15.1. The highest BCUT2D eigenvalue weighted by molar-refractivity contribution is 9.10. The maximum Gasteiger partial charge on any atom is 0.299 e. The molecule has 0 radical (unpaired) electrons. The van der Waals surface area contributed by atoms with Crippen LogP contribution in [0.1, 0.15) is 10.4 Å². The Morgan fingerprint density at radius 2 is 1.77 bits per heavy atom. The quantitative estimate of drug-likeness (QED) is 0.670. The fourth-order valence-corrected chi connectivity index (χ4v) is 3.46. The fourth-order valence-electron chi connectivity index (χ4n) is 3.10. The molecule has 128 valence electrons. The maximum atomic E-state index is 12.5. The number of hydrogen-bond donors (Lipinski definition) is 1. The molecule has 26 heavy (non-hydrogen) atoms. The van der Waals surface area contributed by atoms with E-state index < -0.39 is 11.7 Å². The largest absolute Gasteiger partial charge is 0.324 e. The number of anilines is 2. The Labute approximate surface area is 157 Å². The van der Waals surface area contributed by atoms with E-state index >= 15 is 0 Å². The summed E-state index contributed by atoms with van der Waals surface area (Å²) < 4.78 is 0.708. The van der Waals surface area contributed by atoms with Crippen LogP contribution in [0.25, 0.3) is 10.8 Å². The molecular weight excluding hydrogens is 396 g/mol. The number of benzene rings is 3. The van der Waals surface area contributed by atoms with E-state index in [1.807, 2.05) is 42.5 Å². The van der Waals surface area contributed by atoms with Gasteiger partial charge in [-0.15, -0.1) is 0 Å². The van der Waals surface area contributed by atoms with Crippen molar-refractivity contribution in [2.24, 2.45) is 0 Å². The normalized spacial score (nSPS) is 13.2. The molecule has 0 saturated carbocycles. The highest BCUT2D eigenvalue weighted by Gasteiger charge is 2.36. The molecule has 0 aromatic heterocycles. The molecule has 0 fully saturated rings. The first-order valence-corrected chi connectivity index (χ1v) is 8.77. The highest BCUT2D eigenvalue weighted by atomic mass is 79.9. The number of carbonyl (C=O) groups is 3. The summed E-state index contributed by atoms with van der Waals surface area (Å²) in [6, 6.07) is 18.3. The van der Waals surface area contributed by atoms with E-state index in [1.165, 1.54) is 4.90 Å². The highest BCUT2D eigenvalue weighted by Crippen LogP contribution is 2.31. The van der Waals surface area contributed by atoms with Gasteiger partial charge < -0.3 is 5.32 Å². The van der Waals surface area contributed by atoms with Gasteiger partial charge in [-0.3, -0.25) is 19.3 Å². The topological polar surface area (TPSA) is 66.5 Å². The van der Waals surface area contributed by atoms with Crippen LogP contribution in [0.4, 0.5) is 11.4 Å². The Hall–Kier alpha value is -2.99. The zero-order valence-electron chi connectivity index (χ0n) is 13.5. The second kappa shape index (κ2) is 6.38. The molecule has 6 heteroatoms. The van der Waals surface area contributed by atoms with Crippen molar-refractivity contribution in [3.8, 4) is 0 Å². The molecular formula is C20H13BrN2O3. The summed E-state index contributed by atoms with van der Waals surface area (Å²) in [4.78, 5) is 38.1. The number of nitrogens with one attached hydrogen (secondary N) is 1. The first-order chi connectivity index (χ1) is 12.5. The molecule has 0 atom stereocenters.